The van der Waals surface area contributed by atoms with Crippen molar-refractivity contribution in [2.24, 2.45) is 5.92 Å². The molecule has 0 spiro atoms. The van der Waals surface area contributed by atoms with Crippen LogP contribution in [0.5, 0.6) is 0 Å². The molecular formula is C15H15ClN2O2S. The Morgan fingerprint density at radius 3 is 2.76 bits per heavy atom. The van der Waals surface area contributed by atoms with E-state index in [0.717, 1.165) is 0 Å². The molecule has 1 fully saturated rings. The summed E-state index contributed by atoms with van der Waals surface area (Å²) in [6.45, 7) is 0. The molecule has 21 heavy (non-hydrogen) atoms. The quantitative estimate of drug-likeness (QED) is 0.840. The van der Waals surface area contributed by atoms with Gasteiger partial charge in [-0.25, -0.2) is 9.78 Å². The number of hydrogen-bond acceptors (Lipinski definition) is 5. The number of carbonyl (C=O) groups excluding carboxylic acids is 1. The Morgan fingerprint density at radius 1 is 1.43 bits per heavy atom. The molecule has 1 aromatic heterocycles. The van der Waals surface area contributed by atoms with Gasteiger partial charge in [-0.3, -0.25) is 0 Å². The summed E-state index contributed by atoms with van der Waals surface area (Å²) in [5.74, 6) is 0.157. The number of nitrogens with one attached hydrogen (secondary N) is 1. The van der Waals surface area contributed by atoms with Crippen molar-refractivity contribution >= 4 is 34.0 Å². The molecule has 3 rings (SSSR count). The van der Waals surface area contributed by atoms with Gasteiger partial charge in [-0.1, -0.05) is 53.3 Å². The first-order valence-electron chi connectivity index (χ1n) is 6.75. The Kier molecular flexibility index (Phi) is 4.12. The van der Waals surface area contributed by atoms with Gasteiger partial charge in [0.1, 0.15) is 0 Å². The van der Waals surface area contributed by atoms with E-state index in [9.17, 15) is 4.79 Å². The lowest BCUT2D eigenvalue weighted by molar-refractivity contribution is 0.0606. The first-order valence-corrected chi connectivity index (χ1v) is 7.94. The lowest BCUT2D eigenvalue weighted by Crippen LogP contribution is -2.12. The average molecular weight is 323 g/mol. The Morgan fingerprint density at radius 2 is 2.14 bits per heavy atom. The van der Waals surface area contributed by atoms with Crippen LogP contribution in [0, 0.1) is 5.92 Å². The van der Waals surface area contributed by atoms with Crippen molar-refractivity contribution in [2.75, 3.05) is 12.4 Å². The summed E-state index contributed by atoms with van der Waals surface area (Å²) in [5, 5.41) is 4.26. The van der Waals surface area contributed by atoms with Crippen LogP contribution in [0.25, 0.3) is 0 Å². The van der Waals surface area contributed by atoms with E-state index in [1.807, 2.05) is 18.2 Å². The van der Waals surface area contributed by atoms with Crippen LogP contribution < -0.4 is 5.32 Å². The van der Waals surface area contributed by atoms with Crippen molar-refractivity contribution in [3.05, 3.63) is 45.9 Å². The van der Waals surface area contributed by atoms with E-state index >= 15 is 0 Å². The summed E-state index contributed by atoms with van der Waals surface area (Å²) in [7, 11) is 1.34. The van der Waals surface area contributed by atoms with E-state index < -0.39 is 5.97 Å². The van der Waals surface area contributed by atoms with Gasteiger partial charge in [-0.2, -0.15) is 0 Å². The van der Waals surface area contributed by atoms with Gasteiger partial charge in [0.25, 0.3) is 0 Å². The van der Waals surface area contributed by atoms with Crippen LogP contribution in [0.2, 0.25) is 5.15 Å². The van der Waals surface area contributed by atoms with E-state index in [2.05, 4.69) is 22.4 Å². The Labute approximate surface area is 132 Å². The number of hydrogen-bond donors (Lipinski definition) is 1. The summed E-state index contributed by atoms with van der Waals surface area (Å²) in [4.78, 5) is 16.1. The number of methoxy groups -OCH3 is 1. The van der Waals surface area contributed by atoms with E-state index in [1.165, 1.54) is 36.9 Å². The molecule has 0 aliphatic heterocycles. The lowest BCUT2D eigenvalue weighted by Gasteiger charge is -2.17. The lowest BCUT2D eigenvalue weighted by atomic mass is 10.0. The minimum Gasteiger partial charge on any atom is -0.465 e. The molecule has 1 N–H and O–H groups in total. The minimum atomic E-state index is -0.451. The number of thiazole rings is 1. The van der Waals surface area contributed by atoms with Gasteiger partial charge >= 0.3 is 5.97 Å². The fourth-order valence-corrected chi connectivity index (χ4v) is 3.42. The van der Waals surface area contributed by atoms with Crippen molar-refractivity contribution in [3.8, 4) is 0 Å². The highest BCUT2D eigenvalue weighted by molar-refractivity contribution is 7.18. The predicted molar refractivity (Wildman–Crippen MR) is 84.0 cm³/mol. The Bertz CT molecular complexity index is 640. The number of benzene rings is 1. The summed E-state index contributed by atoms with van der Waals surface area (Å²) in [6, 6.07) is 10.5. The third kappa shape index (κ3) is 3.19. The summed E-state index contributed by atoms with van der Waals surface area (Å²) >= 11 is 7.23. The third-order valence-corrected chi connectivity index (χ3v) is 4.84. The van der Waals surface area contributed by atoms with Crippen LogP contribution >= 0.6 is 22.9 Å². The molecule has 1 atom stereocenters. The fraction of sp³-hybridized carbons (Fsp3) is 0.333. The zero-order valence-electron chi connectivity index (χ0n) is 11.5. The number of rotatable bonds is 5. The van der Waals surface area contributed by atoms with Crippen molar-refractivity contribution in [3.63, 3.8) is 0 Å². The Hall–Kier alpha value is -1.59. The number of halogens is 1. The summed E-state index contributed by atoms with van der Waals surface area (Å²) < 4.78 is 4.70. The molecule has 1 heterocycles. The zero-order valence-corrected chi connectivity index (χ0v) is 13.1. The molecule has 0 amide bonds. The third-order valence-electron chi connectivity index (χ3n) is 3.49. The summed E-state index contributed by atoms with van der Waals surface area (Å²) in [6.07, 6.45) is 2.41. The van der Waals surface area contributed by atoms with E-state index in [-0.39, 0.29) is 11.2 Å². The first kappa shape index (κ1) is 14.4. The molecule has 1 aromatic carbocycles. The molecular weight excluding hydrogens is 308 g/mol. The molecule has 1 saturated carbocycles. The standard InChI is InChI=1S/C15H15ClN2O2S/c1-20-14(19)12-13(16)18-15(21-12)17-11(10-7-8-10)9-5-3-2-4-6-9/h2-6,10-11H,7-8H2,1H3,(H,17,18). The van der Waals surface area contributed by atoms with Crippen LogP contribution in [-0.2, 0) is 4.74 Å². The van der Waals surface area contributed by atoms with Crippen molar-refractivity contribution < 1.29 is 9.53 Å². The van der Waals surface area contributed by atoms with Gasteiger partial charge in [0, 0.05) is 0 Å². The number of carbonyl (C=O) groups is 1. The van der Waals surface area contributed by atoms with Gasteiger partial charge < -0.3 is 10.1 Å². The van der Waals surface area contributed by atoms with E-state index in [1.54, 1.807) is 0 Å². The van der Waals surface area contributed by atoms with Crippen molar-refractivity contribution in [1.29, 1.82) is 0 Å². The number of ether oxygens (including phenoxy) is 1. The number of aromatic nitrogens is 1. The maximum Gasteiger partial charge on any atom is 0.351 e. The molecule has 1 aliphatic carbocycles. The smallest absolute Gasteiger partial charge is 0.351 e. The molecule has 2 aromatic rings. The SMILES string of the molecule is COC(=O)c1sc(NC(c2ccccc2)C2CC2)nc1Cl. The zero-order chi connectivity index (χ0) is 14.8. The first-order chi connectivity index (χ1) is 10.2. The van der Waals surface area contributed by atoms with Crippen molar-refractivity contribution in [1.82, 2.24) is 4.98 Å². The average Bonchev–Trinajstić information content (AvgIpc) is 3.28. The number of esters is 1. The molecule has 4 nitrogen and oxygen atoms in total. The van der Waals surface area contributed by atoms with Crippen LogP contribution in [-0.4, -0.2) is 18.1 Å². The maximum absolute atomic E-state index is 11.6. The van der Waals surface area contributed by atoms with Crippen LogP contribution in [0.4, 0.5) is 5.13 Å². The second kappa shape index (κ2) is 6.03. The molecule has 0 bridgehead atoms. The second-order valence-corrected chi connectivity index (χ2v) is 6.36. The molecule has 1 unspecified atom stereocenters. The van der Waals surface area contributed by atoms with E-state index in [4.69, 9.17) is 16.3 Å². The van der Waals surface area contributed by atoms with Gasteiger partial charge in [0.05, 0.1) is 13.2 Å². The number of nitrogens with zero attached hydrogens (tertiary/aromatic N) is 1. The largest absolute Gasteiger partial charge is 0.465 e. The van der Waals surface area contributed by atoms with Gasteiger partial charge in [0.2, 0.25) is 0 Å². The Balaban J connectivity index is 1.82. The number of anilines is 1. The molecule has 110 valence electrons. The highest BCUT2D eigenvalue weighted by Crippen LogP contribution is 2.43. The molecule has 1 aliphatic rings. The van der Waals surface area contributed by atoms with Crippen LogP contribution in [0.15, 0.2) is 30.3 Å². The highest BCUT2D eigenvalue weighted by Gasteiger charge is 2.33. The molecule has 6 heteroatoms. The van der Waals surface area contributed by atoms with Crippen LogP contribution in [0.3, 0.4) is 0 Å². The monoisotopic (exact) mass is 322 g/mol. The van der Waals surface area contributed by atoms with E-state index in [0.29, 0.717) is 15.9 Å². The van der Waals surface area contributed by atoms with Crippen LogP contribution in [0.1, 0.15) is 34.1 Å². The second-order valence-electron chi connectivity index (χ2n) is 5.00. The normalized spacial score (nSPS) is 15.5. The predicted octanol–water partition coefficient (Wildman–Crippen LogP) is 4.15. The van der Waals surface area contributed by atoms with Crippen molar-refractivity contribution in [2.45, 2.75) is 18.9 Å². The minimum absolute atomic E-state index is 0.192. The van der Waals surface area contributed by atoms with Gasteiger partial charge in [-0.15, -0.1) is 0 Å². The topological polar surface area (TPSA) is 51.2 Å². The summed E-state index contributed by atoms with van der Waals surface area (Å²) in [5.41, 5.74) is 1.23. The molecule has 0 saturated heterocycles. The molecule has 0 radical (unpaired) electrons. The van der Waals surface area contributed by atoms with Gasteiger partial charge in [0.15, 0.2) is 15.2 Å². The highest BCUT2D eigenvalue weighted by atomic mass is 35.5. The van der Waals surface area contributed by atoms with Gasteiger partial charge in [-0.05, 0) is 24.3 Å². The fourth-order valence-electron chi connectivity index (χ4n) is 2.28. The maximum atomic E-state index is 11.6.